The van der Waals surface area contributed by atoms with E-state index < -0.39 is 4.92 Å². The van der Waals surface area contributed by atoms with Crippen LogP contribution >= 0.6 is 11.6 Å². The SMILES string of the molecule is O=C(CCCCCl)Oc1ccc([N+](=O)[O-])cc1. The Kier molecular flexibility index (Phi) is 5.42. The van der Waals surface area contributed by atoms with E-state index in [9.17, 15) is 14.9 Å². The van der Waals surface area contributed by atoms with Crippen LogP contribution in [0.5, 0.6) is 5.75 Å². The minimum atomic E-state index is -0.508. The molecule has 0 aliphatic rings. The molecule has 0 spiro atoms. The summed E-state index contributed by atoms with van der Waals surface area (Å²) in [5, 5.41) is 10.4. The van der Waals surface area contributed by atoms with Crippen LogP contribution in [0.15, 0.2) is 24.3 Å². The fourth-order valence-electron chi connectivity index (χ4n) is 1.18. The maximum absolute atomic E-state index is 11.3. The van der Waals surface area contributed by atoms with Gasteiger partial charge >= 0.3 is 5.97 Å². The maximum atomic E-state index is 11.3. The molecular formula is C11H12ClNO4. The average molecular weight is 258 g/mol. The van der Waals surface area contributed by atoms with Crippen LogP contribution in [-0.2, 0) is 4.79 Å². The lowest BCUT2D eigenvalue weighted by Gasteiger charge is -2.03. The Morgan fingerprint density at radius 2 is 1.94 bits per heavy atom. The summed E-state index contributed by atoms with van der Waals surface area (Å²) >= 11 is 5.48. The number of hydrogen-bond donors (Lipinski definition) is 0. The molecule has 6 heteroatoms. The summed E-state index contributed by atoms with van der Waals surface area (Å²) in [4.78, 5) is 21.2. The van der Waals surface area contributed by atoms with Crippen LogP contribution in [0, 0.1) is 10.1 Å². The molecular weight excluding hydrogens is 246 g/mol. The molecule has 1 rings (SSSR count). The van der Waals surface area contributed by atoms with E-state index in [0.717, 1.165) is 6.42 Å². The molecule has 0 bridgehead atoms. The minimum absolute atomic E-state index is 0.0352. The summed E-state index contributed by atoms with van der Waals surface area (Å²) in [6, 6.07) is 5.39. The second-order valence-corrected chi connectivity index (χ2v) is 3.75. The number of unbranched alkanes of at least 4 members (excludes halogenated alkanes) is 1. The third-order valence-corrected chi connectivity index (χ3v) is 2.31. The van der Waals surface area contributed by atoms with Crippen molar-refractivity contribution in [3.8, 4) is 5.75 Å². The quantitative estimate of drug-likeness (QED) is 0.196. The molecule has 1 aromatic carbocycles. The summed E-state index contributed by atoms with van der Waals surface area (Å²) in [6.07, 6.45) is 1.73. The number of nitro groups is 1. The van der Waals surface area contributed by atoms with Crippen molar-refractivity contribution in [2.75, 3.05) is 5.88 Å². The average Bonchev–Trinajstić information content (AvgIpc) is 2.30. The number of halogens is 1. The van der Waals surface area contributed by atoms with E-state index in [4.69, 9.17) is 16.3 Å². The Labute approximate surface area is 103 Å². The van der Waals surface area contributed by atoms with Gasteiger partial charge in [0.1, 0.15) is 5.75 Å². The van der Waals surface area contributed by atoms with Crippen molar-refractivity contribution in [1.82, 2.24) is 0 Å². The molecule has 0 saturated carbocycles. The first-order valence-corrected chi connectivity index (χ1v) is 5.68. The second kappa shape index (κ2) is 6.85. The van der Waals surface area contributed by atoms with Gasteiger partial charge in [0, 0.05) is 24.4 Å². The van der Waals surface area contributed by atoms with E-state index in [1.807, 2.05) is 0 Å². The van der Waals surface area contributed by atoms with Crippen molar-refractivity contribution in [2.24, 2.45) is 0 Å². The van der Waals surface area contributed by atoms with Crippen molar-refractivity contribution in [3.05, 3.63) is 34.4 Å². The number of alkyl halides is 1. The molecule has 92 valence electrons. The van der Waals surface area contributed by atoms with E-state index in [1.54, 1.807) is 0 Å². The van der Waals surface area contributed by atoms with Crippen LogP contribution in [-0.4, -0.2) is 16.8 Å². The van der Waals surface area contributed by atoms with E-state index in [1.165, 1.54) is 24.3 Å². The first kappa shape index (κ1) is 13.4. The van der Waals surface area contributed by atoms with Gasteiger partial charge < -0.3 is 4.74 Å². The largest absolute Gasteiger partial charge is 0.427 e. The molecule has 0 amide bonds. The van der Waals surface area contributed by atoms with Crippen molar-refractivity contribution >= 4 is 23.3 Å². The van der Waals surface area contributed by atoms with Gasteiger partial charge in [-0.15, -0.1) is 11.6 Å². The van der Waals surface area contributed by atoms with Gasteiger partial charge in [-0.1, -0.05) is 0 Å². The highest BCUT2D eigenvalue weighted by atomic mass is 35.5. The highest BCUT2D eigenvalue weighted by Gasteiger charge is 2.07. The molecule has 0 N–H and O–H groups in total. The van der Waals surface area contributed by atoms with E-state index in [-0.39, 0.29) is 11.7 Å². The van der Waals surface area contributed by atoms with Crippen LogP contribution in [0.1, 0.15) is 19.3 Å². The highest BCUT2D eigenvalue weighted by Crippen LogP contribution is 2.17. The van der Waals surface area contributed by atoms with Crippen LogP contribution in [0.25, 0.3) is 0 Å². The molecule has 17 heavy (non-hydrogen) atoms. The summed E-state index contributed by atoms with van der Waals surface area (Å²) in [5.41, 5.74) is -0.0352. The molecule has 1 aromatic rings. The normalized spacial score (nSPS) is 9.94. The summed E-state index contributed by atoms with van der Waals surface area (Å²) < 4.78 is 4.99. The molecule has 0 aliphatic carbocycles. The summed E-state index contributed by atoms with van der Waals surface area (Å²) in [5.74, 6) is 0.473. The van der Waals surface area contributed by atoms with Gasteiger partial charge in [0.2, 0.25) is 0 Å². The van der Waals surface area contributed by atoms with Crippen LogP contribution in [0.2, 0.25) is 0 Å². The molecule has 0 radical (unpaired) electrons. The standard InChI is InChI=1S/C11H12ClNO4/c12-8-2-1-3-11(14)17-10-6-4-9(5-7-10)13(15)16/h4-7H,1-3,8H2. The number of benzene rings is 1. The summed E-state index contributed by atoms with van der Waals surface area (Å²) in [7, 11) is 0. The molecule has 5 nitrogen and oxygen atoms in total. The fourth-order valence-corrected chi connectivity index (χ4v) is 1.37. The first-order chi connectivity index (χ1) is 8.13. The number of non-ortho nitro benzene ring substituents is 1. The van der Waals surface area contributed by atoms with Crippen LogP contribution < -0.4 is 4.74 Å². The number of carbonyl (C=O) groups excluding carboxylic acids is 1. The number of rotatable bonds is 6. The monoisotopic (exact) mass is 257 g/mol. The number of ether oxygens (including phenoxy) is 1. The Balaban J connectivity index is 2.46. The molecule has 0 saturated heterocycles. The van der Waals surface area contributed by atoms with Crippen molar-refractivity contribution in [2.45, 2.75) is 19.3 Å². The van der Waals surface area contributed by atoms with Gasteiger partial charge in [-0.3, -0.25) is 14.9 Å². The molecule has 0 unspecified atom stereocenters. The molecule has 0 aliphatic heterocycles. The number of esters is 1. The highest BCUT2D eigenvalue weighted by molar-refractivity contribution is 6.17. The lowest BCUT2D eigenvalue weighted by atomic mass is 10.2. The Bertz CT molecular complexity index is 391. The number of nitro benzene ring substituents is 1. The van der Waals surface area contributed by atoms with Gasteiger partial charge in [-0.05, 0) is 25.0 Å². The third kappa shape index (κ3) is 4.82. The van der Waals surface area contributed by atoms with Crippen molar-refractivity contribution in [3.63, 3.8) is 0 Å². The zero-order chi connectivity index (χ0) is 12.7. The molecule has 0 atom stereocenters. The summed E-state index contributed by atoms with van der Waals surface area (Å²) in [6.45, 7) is 0. The topological polar surface area (TPSA) is 69.4 Å². The molecule has 0 heterocycles. The van der Waals surface area contributed by atoms with Crippen molar-refractivity contribution in [1.29, 1.82) is 0 Å². The lowest BCUT2D eigenvalue weighted by molar-refractivity contribution is -0.384. The predicted molar refractivity (Wildman–Crippen MR) is 63.3 cm³/mol. The van der Waals surface area contributed by atoms with E-state index in [0.29, 0.717) is 24.5 Å². The van der Waals surface area contributed by atoms with Crippen LogP contribution in [0.4, 0.5) is 5.69 Å². The van der Waals surface area contributed by atoms with Gasteiger partial charge in [0.05, 0.1) is 4.92 Å². The van der Waals surface area contributed by atoms with E-state index in [2.05, 4.69) is 0 Å². The second-order valence-electron chi connectivity index (χ2n) is 3.37. The number of hydrogen-bond acceptors (Lipinski definition) is 4. The molecule has 0 aromatic heterocycles. The van der Waals surface area contributed by atoms with Gasteiger partial charge in [-0.25, -0.2) is 0 Å². The number of carbonyl (C=O) groups is 1. The predicted octanol–water partition coefficient (Wildman–Crippen LogP) is 2.91. The zero-order valence-corrected chi connectivity index (χ0v) is 9.85. The first-order valence-electron chi connectivity index (χ1n) is 5.14. The van der Waals surface area contributed by atoms with Gasteiger partial charge in [-0.2, -0.15) is 0 Å². The van der Waals surface area contributed by atoms with Crippen LogP contribution in [0.3, 0.4) is 0 Å². The fraction of sp³-hybridized carbons (Fsp3) is 0.364. The van der Waals surface area contributed by atoms with Gasteiger partial charge in [0.25, 0.3) is 5.69 Å². The zero-order valence-electron chi connectivity index (χ0n) is 9.10. The number of nitrogens with zero attached hydrogens (tertiary/aromatic N) is 1. The minimum Gasteiger partial charge on any atom is -0.427 e. The van der Waals surface area contributed by atoms with Gasteiger partial charge in [0.15, 0.2) is 0 Å². The lowest BCUT2D eigenvalue weighted by Crippen LogP contribution is -2.07. The smallest absolute Gasteiger partial charge is 0.311 e. The third-order valence-electron chi connectivity index (χ3n) is 2.04. The van der Waals surface area contributed by atoms with Crippen molar-refractivity contribution < 1.29 is 14.5 Å². The molecule has 0 fully saturated rings. The van der Waals surface area contributed by atoms with E-state index >= 15 is 0 Å². The Hall–Kier alpha value is -1.62. The maximum Gasteiger partial charge on any atom is 0.311 e. The Morgan fingerprint density at radius 1 is 1.29 bits per heavy atom. The Morgan fingerprint density at radius 3 is 2.47 bits per heavy atom.